The van der Waals surface area contributed by atoms with Crippen LogP contribution in [0.25, 0.3) is 0 Å². The average Bonchev–Trinajstić information content (AvgIpc) is 2.41. The van der Waals surface area contributed by atoms with Crippen molar-refractivity contribution in [3.8, 4) is 11.8 Å². The summed E-state index contributed by atoms with van der Waals surface area (Å²) in [6.07, 6.45) is 0. The SMILES string of the molecule is N#Cc1ccc(S(=O)(=O)Nc2ccc(O)cc2F)c(Cl)c1. The highest BCUT2D eigenvalue weighted by molar-refractivity contribution is 7.92. The zero-order valence-corrected chi connectivity index (χ0v) is 11.9. The Balaban J connectivity index is 2.41. The predicted octanol–water partition coefficient (Wildman–Crippen LogP) is 2.86. The first-order valence-corrected chi connectivity index (χ1v) is 7.40. The molecule has 0 saturated heterocycles. The first kappa shape index (κ1) is 15.1. The minimum Gasteiger partial charge on any atom is -0.508 e. The number of sulfonamides is 1. The van der Waals surface area contributed by atoms with Gasteiger partial charge < -0.3 is 5.11 Å². The fourth-order valence-electron chi connectivity index (χ4n) is 1.57. The summed E-state index contributed by atoms with van der Waals surface area (Å²) in [5.74, 6) is -1.25. The number of rotatable bonds is 3. The van der Waals surface area contributed by atoms with E-state index in [9.17, 15) is 12.8 Å². The maximum Gasteiger partial charge on any atom is 0.263 e. The van der Waals surface area contributed by atoms with Crippen LogP contribution in [-0.4, -0.2) is 13.5 Å². The van der Waals surface area contributed by atoms with Gasteiger partial charge >= 0.3 is 0 Å². The average molecular weight is 327 g/mol. The second-order valence-electron chi connectivity index (χ2n) is 4.03. The fraction of sp³-hybridized carbons (Fsp3) is 0. The quantitative estimate of drug-likeness (QED) is 0.849. The maximum absolute atomic E-state index is 13.6. The van der Waals surface area contributed by atoms with E-state index >= 15 is 0 Å². The lowest BCUT2D eigenvalue weighted by atomic mass is 10.2. The Kier molecular flexibility index (Phi) is 4.02. The highest BCUT2D eigenvalue weighted by Gasteiger charge is 2.20. The Labute approximate surface area is 125 Å². The van der Waals surface area contributed by atoms with Gasteiger partial charge in [-0.2, -0.15) is 5.26 Å². The van der Waals surface area contributed by atoms with Crippen molar-refractivity contribution >= 4 is 27.3 Å². The van der Waals surface area contributed by atoms with Crippen molar-refractivity contribution in [2.75, 3.05) is 4.72 Å². The van der Waals surface area contributed by atoms with Crippen molar-refractivity contribution in [2.45, 2.75) is 4.90 Å². The van der Waals surface area contributed by atoms with E-state index in [4.69, 9.17) is 22.0 Å². The van der Waals surface area contributed by atoms with Gasteiger partial charge in [-0.05, 0) is 30.3 Å². The molecule has 2 aromatic rings. The third-order valence-corrected chi connectivity index (χ3v) is 4.40. The van der Waals surface area contributed by atoms with Crippen LogP contribution in [-0.2, 0) is 10.0 Å². The third kappa shape index (κ3) is 3.24. The molecule has 2 N–H and O–H groups in total. The van der Waals surface area contributed by atoms with Crippen LogP contribution in [0.1, 0.15) is 5.56 Å². The molecule has 8 heteroatoms. The summed E-state index contributed by atoms with van der Waals surface area (Å²) in [7, 11) is -4.12. The van der Waals surface area contributed by atoms with Crippen molar-refractivity contribution in [3.05, 3.63) is 52.8 Å². The number of aromatic hydroxyl groups is 1. The van der Waals surface area contributed by atoms with Gasteiger partial charge in [-0.25, -0.2) is 12.8 Å². The molecule has 21 heavy (non-hydrogen) atoms. The summed E-state index contributed by atoms with van der Waals surface area (Å²) in [4.78, 5) is -0.282. The minimum absolute atomic E-state index is 0.152. The summed E-state index contributed by atoms with van der Waals surface area (Å²) in [6.45, 7) is 0. The molecule has 0 aliphatic carbocycles. The zero-order valence-electron chi connectivity index (χ0n) is 10.3. The molecule has 0 bridgehead atoms. The molecule has 0 aliphatic heterocycles. The lowest BCUT2D eigenvalue weighted by molar-refractivity contribution is 0.469. The first-order valence-electron chi connectivity index (χ1n) is 5.54. The van der Waals surface area contributed by atoms with Gasteiger partial charge in [0, 0.05) is 6.07 Å². The Bertz CT molecular complexity index is 847. The molecule has 0 spiro atoms. The number of hydrogen-bond acceptors (Lipinski definition) is 4. The number of benzene rings is 2. The van der Waals surface area contributed by atoms with Crippen molar-refractivity contribution in [1.82, 2.24) is 0 Å². The number of nitrogens with zero attached hydrogens (tertiary/aromatic N) is 1. The monoisotopic (exact) mass is 326 g/mol. The van der Waals surface area contributed by atoms with Crippen LogP contribution in [0.2, 0.25) is 5.02 Å². The number of phenols is 1. The topological polar surface area (TPSA) is 90.2 Å². The zero-order chi connectivity index (χ0) is 15.6. The van der Waals surface area contributed by atoms with Crippen molar-refractivity contribution in [2.24, 2.45) is 0 Å². The van der Waals surface area contributed by atoms with Gasteiger partial charge in [0.25, 0.3) is 10.0 Å². The predicted molar refractivity (Wildman–Crippen MR) is 75.0 cm³/mol. The van der Waals surface area contributed by atoms with Crippen LogP contribution >= 0.6 is 11.6 Å². The Morgan fingerprint density at radius 3 is 2.52 bits per heavy atom. The third-order valence-electron chi connectivity index (χ3n) is 2.55. The number of anilines is 1. The van der Waals surface area contributed by atoms with E-state index in [0.717, 1.165) is 24.3 Å². The van der Waals surface area contributed by atoms with E-state index < -0.39 is 15.8 Å². The summed E-state index contributed by atoms with van der Waals surface area (Å²) in [6, 6.07) is 8.46. The van der Waals surface area contributed by atoms with Crippen molar-refractivity contribution in [1.29, 1.82) is 5.26 Å². The molecule has 0 unspecified atom stereocenters. The van der Waals surface area contributed by atoms with Gasteiger partial charge in [-0.3, -0.25) is 4.72 Å². The Morgan fingerprint density at radius 2 is 1.95 bits per heavy atom. The molecule has 0 aliphatic rings. The molecule has 0 heterocycles. The van der Waals surface area contributed by atoms with Gasteiger partial charge in [0.15, 0.2) is 5.82 Å². The van der Waals surface area contributed by atoms with Crippen LogP contribution in [0.4, 0.5) is 10.1 Å². The Morgan fingerprint density at radius 1 is 1.24 bits per heavy atom. The summed E-state index contributed by atoms with van der Waals surface area (Å²) >= 11 is 5.82. The van der Waals surface area contributed by atoms with Crippen LogP contribution < -0.4 is 4.72 Å². The molecule has 0 fully saturated rings. The molecule has 2 rings (SSSR count). The molecule has 108 valence electrons. The van der Waals surface area contributed by atoms with Crippen LogP contribution in [0.15, 0.2) is 41.3 Å². The highest BCUT2D eigenvalue weighted by atomic mass is 35.5. The van der Waals surface area contributed by atoms with Gasteiger partial charge in [0.05, 0.1) is 22.3 Å². The highest BCUT2D eigenvalue weighted by Crippen LogP contribution is 2.27. The van der Waals surface area contributed by atoms with E-state index in [1.54, 1.807) is 0 Å². The summed E-state index contributed by atoms with van der Waals surface area (Å²) < 4.78 is 39.9. The molecule has 0 saturated carbocycles. The molecule has 0 amide bonds. The largest absolute Gasteiger partial charge is 0.508 e. The van der Waals surface area contributed by atoms with Gasteiger partial charge in [0.2, 0.25) is 0 Å². The van der Waals surface area contributed by atoms with E-state index in [1.165, 1.54) is 12.1 Å². The van der Waals surface area contributed by atoms with Crippen molar-refractivity contribution in [3.63, 3.8) is 0 Å². The number of nitriles is 1. The number of halogens is 2. The van der Waals surface area contributed by atoms with E-state index in [0.29, 0.717) is 0 Å². The van der Waals surface area contributed by atoms with Crippen molar-refractivity contribution < 1.29 is 17.9 Å². The molecule has 0 radical (unpaired) electrons. The molecule has 0 aromatic heterocycles. The van der Waals surface area contributed by atoms with E-state index in [-0.39, 0.29) is 26.9 Å². The number of nitrogens with one attached hydrogen (secondary N) is 1. The van der Waals surface area contributed by atoms with Gasteiger partial charge in [-0.1, -0.05) is 11.6 Å². The van der Waals surface area contributed by atoms with Crippen LogP contribution in [0.5, 0.6) is 5.75 Å². The normalized spacial score (nSPS) is 10.9. The number of hydrogen-bond donors (Lipinski definition) is 2. The second kappa shape index (κ2) is 5.60. The molecule has 2 aromatic carbocycles. The smallest absolute Gasteiger partial charge is 0.263 e. The number of phenolic OH excluding ortho intramolecular Hbond substituents is 1. The summed E-state index contributed by atoms with van der Waals surface area (Å²) in [5.41, 5.74) is -0.122. The van der Waals surface area contributed by atoms with Crippen LogP contribution in [0, 0.1) is 17.1 Å². The summed E-state index contributed by atoms with van der Waals surface area (Å²) in [5, 5.41) is 17.6. The van der Waals surface area contributed by atoms with Crippen LogP contribution in [0.3, 0.4) is 0 Å². The van der Waals surface area contributed by atoms with Gasteiger partial charge in [-0.15, -0.1) is 0 Å². The van der Waals surface area contributed by atoms with E-state index in [1.807, 2.05) is 10.8 Å². The minimum atomic E-state index is -4.12. The standard InChI is InChI=1S/C13H8ClFN2O3S/c14-10-5-8(7-16)1-4-13(10)21(19,20)17-12-3-2-9(18)6-11(12)15/h1-6,17-18H. The lowest BCUT2D eigenvalue weighted by Crippen LogP contribution is -2.14. The second-order valence-corrected chi connectivity index (χ2v) is 6.08. The maximum atomic E-state index is 13.6. The van der Waals surface area contributed by atoms with Gasteiger partial charge in [0.1, 0.15) is 10.6 Å². The molecular weight excluding hydrogens is 319 g/mol. The Hall–Kier alpha value is -2.30. The first-order chi connectivity index (χ1) is 9.83. The lowest BCUT2D eigenvalue weighted by Gasteiger charge is -2.10. The molecular formula is C13H8ClFN2O3S. The van der Waals surface area contributed by atoms with E-state index in [2.05, 4.69) is 0 Å². The molecule has 5 nitrogen and oxygen atoms in total. The fourth-order valence-corrected chi connectivity index (χ4v) is 3.19. The molecule has 0 atom stereocenters.